The molecule has 3 heterocycles. The second-order valence-electron chi connectivity index (χ2n) is 7.37. The van der Waals surface area contributed by atoms with E-state index in [-0.39, 0.29) is 12.4 Å². The second kappa shape index (κ2) is 7.33. The molecule has 1 N–H and O–H groups in total. The van der Waals surface area contributed by atoms with Crippen LogP contribution in [0.1, 0.15) is 50.0 Å². The first kappa shape index (κ1) is 16.3. The molecule has 4 atom stereocenters. The fourth-order valence-corrected chi connectivity index (χ4v) is 4.95. The predicted molar refractivity (Wildman–Crippen MR) is 94.8 cm³/mol. The van der Waals surface area contributed by atoms with Gasteiger partial charge in [0.2, 0.25) is 0 Å². The first-order valence-corrected chi connectivity index (χ1v) is 8.91. The van der Waals surface area contributed by atoms with Gasteiger partial charge in [-0.2, -0.15) is 0 Å². The van der Waals surface area contributed by atoms with E-state index in [1.165, 1.54) is 58.2 Å². The quantitative estimate of drug-likeness (QED) is 0.911. The summed E-state index contributed by atoms with van der Waals surface area (Å²) < 4.78 is 0. The van der Waals surface area contributed by atoms with Crippen LogP contribution in [0.25, 0.3) is 0 Å². The summed E-state index contributed by atoms with van der Waals surface area (Å²) in [6.07, 6.45) is 8.47. The monoisotopic (exact) mass is 320 g/mol. The predicted octanol–water partition coefficient (Wildman–Crippen LogP) is 3.82. The second-order valence-corrected chi connectivity index (χ2v) is 7.37. The molecule has 2 nitrogen and oxygen atoms in total. The Hall–Kier alpha value is -0.570. The lowest BCUT2D eigenvalue weighted by Crippen LogP contribution is -2.47. The van der Waals surface area contributed by atoms with Gasteiger partial charge in [-0.3, -0.25) is 4.90 Å². The normalized spacial score (nSPS) is 35.1. The molecule has 1 aromatic rings. The van der Waals surface area contributed by atoms with Crippen molar-refractivity contribution in [1.29, 1.82) is 0 Å². The molecule has 122 valence electrons. The Morgan fingerprint density at radius 3 is 2.36 bits per heavy atom. The van der Waals surface area contributed by atoms with Gasteiger partial charge in [-0.1, -0.05) is 30.3 Å². The molecular formula is C19H29ClN2. The Morgan fingerprint density at radius 2 is 1.73 bits per heavy atom. The number of nitrogens with one attached hydrogen (secondary N) is 1. The molecular weight excluding hydrogens is 292 g/mol. The lowest BCUT2D eigenvalue weighted by Gasteiger charge is -2.41. The number of hydrogen-bond acceptors (Lipinski definition) is 2. The van der Waals surface area contributed by atoms with Crippen molar-refractivity contribution in [1.82, 2.24) is 10.2 Å². The zero-order valence-electron chi connectivity index (χ0n) is 13.4. The van der Waals surface area contributed by atoms with Crippen LogP contribution >= 0.6 is 12.4 Å². The summed E-state index contributed by atoms with van der Waals surface area (Å²) in [5, 5.41) is 3.58. The molecule has 4 rings (SSSR count). The van der Waals surface area contributed by atoms with Gasteiger partial charge in [0.25, 0.3) is 0 Å². The molecule has 3 saturated heterocycles. The summed E-state index contributed by atoms with van der Waals surface area (Å²) >= 11 is 0. The van der Waals surface area contributed by atoms with Gasteiger partial charge in [-0.05, 0) is 69.0 Å². The van der Waals surface area contributed by atoms with E-state index in [1.54, 1.807) is 5.56 Å². The van der Waals surface area contributed by atoms with E-state index in [2.05, 4.69) is 40.5 Å². The minimum absolute atomic E-state index is 0. The fraction of sp³-hybridized carbons (Fsp3) is 0.684. The third-order valence-corrected chi connectivity index (χ3v) is 6.02. The lowest BCUT2D eigenvalue weighted by molar-refractivity contribution is 0.0987. The van der Waals surface area contributed by atoms with Crippen LogP contribution in [0.15, 0.2) is 30.3 Å². The van der Waals surface area contributed by atoms with Gasteiger partial charge in [0.1, 0.15) is 0 Å². The summed E-state index contributed by atoms with van der Waals surface area (Å²) in [5.41, 5.74) is 1.58. The van der Waals surface area contributed by atoms with Crippen LogP contribution in [0.3, 0.4) is 0 Å². The Labute approximate surface area is 141 Å². The maximum atomic E-state index is 3.58. The average molecular weight is 321 g/mol. The van der Waals surface area contributed by atoms with Crippen molar-refractivity contribution in [3.63, 3.8) is 0 Å². The first-order valence-electron chi connectivity index (χ1n) is 8.91. The van der Waals surface area contributed by atoms with Crippen LogP contribution in [0.4, 0.5) is 0 Å². The third kappa shape index (κ3) is 3.34. The molecule has 22 heavy (non-hydrogen) atoms. The van der Waals surface area contributed by atoms with Crippen molar-refractivity contribution in [3.8, 4) is 0 Å². The summed E-state index contributed by atoms with van der Waals surface area (Å²) in [6, 6.07) is 12.9. The van der Waals surface area contributed by atoms with Crippen molar-refractivity contribution in [2.24, 2.45) is 5.92 Å². The Kier molecular flexibility index (Phi) is 5.43. The van der Waals surface area contributed by atoms with Crippen molar-refractivity contribution >= 4 is 12.4 Å². The van der Waals surface area contributed by atoms with E-state index < -0.39 is 0 Å². The molecule has 0 aliphatic carbocycles. The number of hydrogen-bond donors (Lipinski definition) is 1. The molecule has 0 radical (unpaired) electrons. The number of benzene rings is 1. The van der Waals surface area contributed by atoms with Crippen LogP contribution in [0.5, 0.6) is 0 Å². The largest absolute Gasteiger partial charge is 0.316 e. The summed E-state index contributed by atoms with van der Waals surface area (Å²) in [5.74, 6) is 1.71. The van der Waals surface area contributed by atoms with E-state index in [0.717, 1.165) is 23.9 Å². The van der Waals surface area contributed by atoms with Crippen molar-refractivity contribution < 1.29 is 0 Å². The molecule has 3 heteroatoms. The van der Waals surface area contributed by atoms with Gasteiger partial charge in [0.05, 0.1) is 0 Å². The maximum Gasteiger partial charge on any atom is 0.0105 e. The highest BCUT2D eigenvalue weighted by atomic mass is 35.5. The molecule has 2 unspecified atom stereocenters. The Balaban J connectivity index is 0.00000144. The van der Waals surface area contributed by atoms with E-state index in [0.29, 0.717) is 0 Å². The molecule has 0 aromatic heterocycles. The van der Waals surface area contributed by atoms with Gasteiger partial charge < -0.3 is 5.32 Å². The Morgan fingerprint density at radius 1 is 1.00 bits per heavy atom. The average Bonchev–Trinajstić information content (AvgIpc) is 2.78. The van der Waals surface area contributed by atoms with Crippen molar-refractivity contribution in [3.05, 3.63) is 35.9 Å². The fourth-order valence-electron chi connectivity index (χ4n) is 4.95. The van der Waals surface area contributed by atoms with Gasteiger partial charge >= 0.3 is 0 Å². The van der Waals surface area contributed by atoms with Gasteiger partial charge in [0, 0.05) is 18.6 Å². The topological polar surface area (TPSA) is 15.3 Å². The number of fused-ring (bicyclic) bond motifs is 2. The van der Waals surface area contributed by atoms with E-state index in [1.807, 2.05) is 0 Å². The van der Waals surface area contributed by atoms with E-state index in [4.69, 9.17) is 0 Å². The van der Waals surface area contributed by atoms with Crippen molar-refractivity contribution in [2.75, 3.05) is 19.6 Å². The number of halogens is 1. The molecule has 0 amide bonds. The smallest absolute Gasteiger partial charge is 0.0105 e. The molecule has 3 fully saturated rings. The number of nitrogens with zero attached hydrogens (tertiary/aromatic N) is 1. The van der Waals surface area contributed by atoms with E-state index >= 15 is 0 Å². The van der Waals surface area contributed by atoms with Gasteiger partial charge in [0.15, 0.2) is 0 Å². The first-order chi connectivity index (χ1) is 10.4. The van der Waals surface area contributed by atoms with E-state index in [9.17, 15) is 0 Å². The van der Waals surface area contributed by atoms with Crippen molar-refractivity contribution in [2.45, 2.75) is 56.5 Å². The van der Waals surface area contributed by atoms with Gasteiger partial charge in [-0.25, -0.2) is 0 Å². The summed E-state index contributed by atoms with van der Waals surface area (Å²) in [6.45, 7) is 3.83. The highest BCUT2D eigenvalue weighted by molar-refractivity contribution is 5.85. The Bertz CT molecular complexity index is 444. The summed E-state index contributed by atoms with van der Waals surface area (Å²) in [4.78, 5) is 2.89. The highest BCUT2D eigenvalue weighted by Gasteiger charge is 2.41. The molecule has 3 aliphatic rings. The zero-order valence-corrected chi connectivity index (χ0v) is 14.2. The molecule has 1 aromatic carbocycles. The van der Waals surface area contributed by atoms with Crippen LogP contribution in [-0.4, -0.2) is 36.6 Å². The number of piperidine rings is 2. The molecule has 3 aliphatic heterocycles. The minimum atomic E-state index is 0. The minimum Gasteiger partial charge on any atom is -0.316 e. The molecule has 2 bridgehead atoms. The van der Waals surface area contributed by atoms with Gasteiger partial charge in [-0.15, -0.1) is 12.4 Å². The molecule has 0 saturated carbocycles. The third-order valence-electron chi connectivity index (χ3n) is 6.02. The van der Waals surface area contributed by atoms with Crippen LogP contribution in [0.2, 0.25) is 0 Å². The lowest BCUT2D eigenvalue weighted by atomic mass is 9.84. The number of rotatable bonds is 3. The highest BCUT2D eigenvalue weighted by Crippen LogP contribution is 2.43. The van der Waals surface area contributed by atoms with Crippen LogP contribution < -0.4 is 5.32 Å². The molecule has 0 spiro atoms. The SMILES string of the molecule is Cl.c1ccc(C2C[C@H]3CC[C@@H](C2)N3CC2CCCNC2)cc1. The van der Waals surface area contributed by atoms with Crippen LogP contribution in [-0.2, 0) is 0 Å². The standard InChI is InChI=1S/C19H28N2.ClH/c1-2-6-16(7-3-1)17-11-18-8-9-19(12-17)21(18)14-15-5-4-10-20-13-15;/h1-3,6-7,15,17-20H,4-5,8-14H2;1H/t15?,17?,18-,19+;. The van der Waals surface area contributed by atoms with Crippen LogP contribution in [0, 0.1) is 5.92 Å². The summed E-state index contributed by atoms with van der Waals surface area (Å²) in [7, 11) is 0. The zero-order chi connectivity index (χ0) is 14.1. The maximum absolute atomic E-state index is 3.58.